The molecule has 0 atom stereocenters. The van der Waals surface area contributed by atoms with Crippen LogP contribution in [0.15, 0.2) is 52.1 Å². The Hall–Kier alpha value is -2.89. The maximum atomic E-state index is 5.33. The van der Waals surface area contributed by atoms with Gasteiger partial charge in [0.1, 0.15) is 5.69 Å². The second-order valence-corrected chi connectivity index (χ2v) is 6.02. The summed E-state index contributed by atoms with van der Waals surface area (Å²) >= 11 is 0. The normalized spacial score (nSPS) is 10.8. The van der Waals surface area contributed by atoms with E-state index in [2.05, 4.69) is 30.8 Å². The number of aliphatic imine (C=N–C) groups is 1. The zero-order valence-corrected chi connectivity index (χ0v) is 19.4. The largest absolute Gasteiger partial charge is 0.493 e. The number of ether oxygens (including phenoxy) is 2. The summed E-state index contributed by atoms with van der Waals surface area (Å²) in [6.07, 6.45) is 2.28. The van der Waals surface area contributed by atoms with E-state index in [9.17, 15) is 0 Å². The van der Waals surface area contributed by atoms with Gasteiger partial charge in [0, 0.05) is 32.8 Å². The maximum Gasteiger partial charge on any atom is 0.276 e. The molecular formula is C20H25IN6O3. The van der Waals surface area contributed by atoms with Gasteiger partial charge in [-0.15, -0.1) is 24.0 Å². The Labute approximate surface area is 192 Å². The minimum Gasteiger partial charge on any atom is -0.493 e. The molecule has 3 aromatic rings. The summed E-state index contributed by atoms with van der Waals surface area (Å²) in [6.45, 7) is 1.19. The summed E-state index contributed by atoms with van der Waals surface area (Å²) in [4.78, 5) is 12.8. The Morgan fingerprint density at radius 1 is 1.10 bits per heavy atom. The number of nitrogens with one attached hydrogen (secondary N) is 2. The Morgan fingerprint density at radius 2 is 1.93 bits per heavy atom. The van der Waals surface area contributed by atoms with Crippen LogP contribution in [0.25, 0.3) is 11.6 Å². The first-order valence-corrected chi connectivity index (χ1v) is 9.13. The van der Waals surface area contributed by atoms with Crippen molar-refractivity contribution in [2.24, 2.45) is 4.99 Å². The molecule has 9 nitrogen and oxygen atoms in total. The predicted octanol–water partition coefficient (Wildman–Crippen LogP) is 2.67. The third-order valence-corrected chi connectivity index (χ3v) is 4.12. The quantitative estimate of drug-likeness (QED) is 0.263. The molecule has 0 bridgehead atoms. The van der Waals surface area contributed by atoms with Crippen LogP contribution in [0, 0.1) is 0 Å². The molecule has 2 aromatic heterocycles. The SMILES string of the molecule is CN=C(NCCc1noc(-c2ccccn2)n1)NCc1ccc(OC)c(OC)c1.I. The van der Waals surface area contributed by atoms with Crippen molar-refractivity contribution < 1.29 is 14.0 Å². The molecule has 0 saturated heterocycles. The lowest BCUT2D eigenvalue weighted by atomic mass is 10.2. The summed E-state index contributed by atoms with van der Waals surface area (Å²) in [5.74, 6) is 3.08. The van der Waals surface area contributed by atoms with E-state index in [4.69, 9.17) is 14.0 Å². The van der Waals surface area contributed by atoms with Gasteiger partial charge in [-0.25, -0.2) is 0 Å². The Bertz CT molecular complexity index is 949. The molecule has 0 aliphatic carbocycles. The lowest BCUT2D eigenvalue weighted by Gasteiger charge is -2.13. The molecule has 160 valence electrons. The van der Waals surface area contributed by atoms with E-state index < -0.39 is 0 Å². The Kier molecular flexibility index (Phi) is 9.32. The molecule has 0 aliphatic rings. The number of hydrogen-bond acceptors (Lipinski definition) is 7. The van der Waals surface area contributed by atoms with Gasteiger partial charge in [-0.2, -0.15) is 4.98 Å². The number of nitrogens with zero attached hydrogens (tertiary/aromatic N) is 4. The van der Waals surface area contributed by atoms with Crippen molar-refractivity contribution in [2.45, 2.75) is 13.0 Å². The average molecular weight is 524 g/mol. The Morgan fingerprint density at radius 3 is 2.63 bits per heavy atom. The van der Waals surface area contributed by atoms with Gasteiger partial charge in [0.15, 0.2) is 23.3 Å². The Balaban J connectivity index is 0.00000320. The van der Waals surface area contributed by atoms with Crippen LogP contribution in [-0.2, 0) is 13.0 Å². The van der Waals surface area contributed by atoms with E-state index in [-0.39, 0.29) is 24.0 Å². The van der Waals surface area contributed by atoms with Crippen molar-refractivity contribution in [3.05, 3.63) is 54.0 Å². The number of pyridine rings is 1. The lowest BCUT2D eigenvalue weighted by Crippen LogP contribution is -2.37. The minimum absolute atomic E-state index is 0. The van der Waals surface area contributed by atoms with E-state index >= 15 is 0 Å². The molecule has 0 amide bonds. The highest BCUT2D eigenvalue weighted by Crippen LogP contribution is 2.27. The van der Waals surface area contributed by atoms with Crippen LogP contribution >= 0.6 is 24.0 Å². The van der Waals surface area contributed by atoms with Gasteiger partial charge in [0.2, 0.25) is 0 Å². The molecule has 1 aromatic carbocycles. The van der Waals surface area contributed by atoms with E-state index in [0.29, 0.717) is 54.4 Å². The van der Waals surface area contributed by atoms with Gasteiger partial charge in [-0.3, -0.25) is 9.98 Å². The van der Waals surface area contributed by atoms with E-state index in [1.54, 1.807) is 27.5 Å². The molecule has 2 heterocycles. The highest BCUT2D eigenvalue weighted by atomic mass is 127. The number of rotatable bonds is 8. The van der Waals surface area contributed by atoms with Crippen LogP contribution in [0.5, 0.6) is 11.5 Å². The molecular weight excluding hydrogens is 499 g/mol. The highest BCUT2D eigenvalue weighted by molar-refractivity contribution is 14.0. The van der Waals surface area contributed by atoms with Crippen molar-refractivity contribution in [3.63, 3.8) is 0 Å². The average Bonchev–Trinajstić information content (AvgIpc) is 3.25. The number of guanidine groups is 1. The summed E-state index contributed by atoms with van der Waals surface area (Å²) in [5.41, 5.74) is 1.70. The van der Waals surface area contributed by atoms with E-state index in [1.807, 2.05) is 36.4 Å². The van der Waals surface area contributed by atoms with Crippen LogP contribution < -0.4 is 20.1 Å². The summed E-state index contributed by atoms with van der Waals surface area (Å²) < 4.78 is 15.9. The summed E-state index contributed by atoms with van der Waals surface area (Å²) in [6, 6.07) is 11.3. The van der Waals surface area contributed by atoms with Gasteiger partial charge in [-0.05, 0) is 29.8 Å². The summed E-state index contributed by atoms with van der Waals surface area (Å²) in [5, 5.41) is 10.5. The first-order valence-electron chi connectivity index (χ1n) is 9.13. The molecule has 0 spiro atoms. The standard InChI is InChI=1S/C20H24N6O3.HI/c1-21-20(24-13-14-7-8-16(27-2)17(12-14)28-3)23-11-9-18-25-19(29-26-18)15-6-4-5-10-22-15;/h4-8,10,12H,9,11,13H2,1-3H3,(H2,21,23,24);1H. The van der Waals surface area contributed by atoms with E-state index in [0.717, 1.165) is 5.56 Å². The number of halogens is 1. The number of aromatic nitrogens is 3. The van der Waals surface area contributed by atoms with Gasteiger partial charge in [0.25, 0.3) is 5.89 Å². The second kappa shape index (κ2) is 12.0. The lowest BCUT2D eigenvalue weighted by molar-refractivity contribution is 0.354. The third-order valence-electron chi connectivity index (χ3n) is 4.12. The number of hydrogen-bond donors (Lipinski definition) is 2. The first-order chi connectivity index (χ1) is 14.2. The smallest absolute Gasteiger partial charge is 0.276 e. The van der Waals surface area contributed by atoms with E-state index in [1.165, 1.54) is 0 Å². The molecule has 10 heteroatoms. The molecule has 2 N–H and O–H groups in total. The van der Waals surface area contributed by atoms with Crippen molar-refractivity contribution in [1.29, 1.82) is 0 Å². The van der Waals surface area contributed by atoms with Gasteiger partial charge < -0.3 is 24.6 Å². The fraction of sp³-hybridized carbons (Fsp3) is 0.300. The predicted molar refractivity (Wildman–Crippen MR) is 124 cm³/mol. The van der Waals surface area contributed by atoms with Gasteiger partial charge >= 0.3 is 0 Å². The first kappa shape index (κ1) is 23.4. The van der Waals surface area contributed by atoms with Crippen LogP contribution in [-0.4, -0.2) is 48.9 Å². The monoisotopic (exact) mass is 524 g/mol. The molecule has 30 heavy (non-hydrogen) atoms. The fourth-order valence-corrected chi connectivity index (χ4v) is 2.64. The minimum atomic E-state index is 0. The van der Waals surface area contributed by atoms with Crippen LogP contribution in [0.3, 0.4) is 0 Å². The second-order valence-electron chi connectivity index (χ2n) is 6.02. The van der Waals surface area contributed by atoms with Crippen molar-refractivity contribution in [3.8, 4) is 23.1 Å². The fourth-order valence-electron chi connectivity index (χ4n) is 2.64. The molecule has 0 radical (unpaired) electrons. The van der Waals surface area contributed by atoms with Crippen LogP contribution in [0.4, 0.5) is 0 Å². The maximum absolute atomic E-state index is 5.33. The molecule has 0 aliphatic heterocycles. The zero-order valence-electron chi connectivity index (χ0n) is 17.1. The number of methoxy groups -OCH3 is 2. The van der Waals surface area contributed by atoms with Crippen molar-refractivity contribution >= 4 is 29.9 Å². The number of benzene rings is 1. The zero-order chi connectivity index (χ0) is 20.5. The molecule has 0 fully saturated rings. The van der Waals surface area contributed by atoms with Crippen molar-refractivity contribution in [1.82, 2.24) is 25.8 Å². The van der Waals surface area contributed by atoms with Crippen LogP contribution in [0.1, 0.15) is 11.4 Å². The topological polar surface area (TPSA) is 107 Å². The third kappa shape index (κ3) is 6.31. The van der Waals surface area contributed by atoms with Gasteiger partial charge in [0.05, 0.1) is 14.2 Å². The van der Waals surface area contributed by atoms with Gasteiger partial charge in [-0.1, -0.05) is 17.3 Å². The molecule has 0 unspecified atom stereocenters. The molecule has 0 saturated carbocycles. The van der Waals surface area contributed by atoms with Crippen LogP contribution in [0.2, 0.25) is 0 Å². The highest BCUT2D eigenvalue weighted by Gasteiger charge is 2.10. The molecule has 3 rings (SSSR count). The van der Waals surface area contributed by atoms with Crippen molar-refractivity contribution in [2.75, 3.05) is 27.8 Å². The summed E-state index contributed by atoms with van der Waals surface area (Å²) in [7, 11) is 4.95.